The van der Waals surface area contributed by atoms with E-state index in [4.69, 9.17) is 4.74 Å². The van der Waals surface area contributed by atoms with Crippen LogP contribution in [0.1, 0.15) is 33.4 Å². The molecule has 5 heteroatoms. The Bertz CT molecular complexity index is 326. The second-order valence-electron chi connectivity index (χ2n) is 2.96. The third kappa shape index (κ3) is 2.62. The van der Waals surface area contributed by atoms with E-state index in [0.29, 0.717) is 4.88 Å². The summed E-state index contributed by atoms with van der Waals surface area (Å²) in [5.74, 6) is 0.0542. The highest BCUT2D eigenvalue weighted by atomic mass is 79.9. The summed E-state index contributed by atoms with van der Waals surface area (Å²) in [7, 11) is 1.65. The second kappa shape index (κ2) is 5.00. The minimum Gasteiger partial charge on any atom is -0.380 e. The van der Waals surface area contributed by atoms with Gasteiger partial charge in [-0.25, -0.2) is 4.98 Å². The van der Waals surface area contributed by atoms with Gasteiger partial charge in [0.1, 0.15) is 5.01 Å². The highest BCUT2D eigenvalue weighted by Crippen LogP contribution is 2.31. The highest BCUT2D eigenvalue weighted by Gasteiger charge is 2.19. The molecule has 0 aromatic carbocycles. The smallest absolute Gasteiger partial charge is 0.171 e. The molecular formula is C9H12BrNO2S. The summed E-state index contributed by atoms with van der Waals surface area (Å²) in [6, 6.07) is 0. The molecule has 1 aromatic rings. The Morgan fingerprint density at radius 2 is 2.36 bits per heavy atom. The molecule has 1 heterocycles. The number of rotatable bonds is 4. The average molecular weight is 278 g/mol. The van der Waals surface area contributed by atoms with Crippen LogP contribution in [0.3, 0.4) is 0 Å². The molecule has 1 rings (SSSR count). The van der Waals surface area contributed by atoms with E-state index in [1.165, 1.54) is 11.3 Å². The minimum absolute atomic E-state index is 0.0426. The Labute approximate surface area is 95.6 Å². The van der Waals surface area contributed by atoms with Gasteiger partial charge in [0.05, 0.1) is 15.8 Å². The number of hydrogen-bond acceptors (Lipinski definition) is 4. The first-order valence-corrected chi connectivity index (χ1v) is 5.93. The summed E-state index contributed by atoms with van der Waals surface area (Å²) >= 11 is 4.89. The summed E-state index contributed by atoms with van der Waals surface area (Å²) in [5.41, 5.74) is 0. The Morgan fingerprint density at radius 1 is 1.71 bits per heavy atom. The van der Waals surface area contributed by atoms with Crippen molar-refractivity contribution in [3.8, 4) is 0 Å². The van der Waals surface area contributed by atoms with Gasteiger partial charge in [-0.1, -0.05) is 15.9 Å². The first-order chi connectivity index (χ1) is 6.56. The first kappa shape index (κ1) is 11.8. The zero-order valence-electron chi connectivity index (χ0n) is 8.28. The fourth-order valence-corrected chi connectivity index (χ4v) is 2.40. The number of hydrogen-bond donors (Lipinski definition) is 0. The standard InChI is InChI=1S/C9H12BrNO2S/c1-5(12)7-4-11-9(14-7)8(10)6(2)13-3/h4,6,8H,1-3H3. The molecule has 0 fully saturated rings. The SMILES string of the molecule is COC(C)C(Br)c1ncc(C(C)=O)s1. The van der Waals surface area contributed by atoms with Gasteiger partial charge in [-0.05, 0) is 6.92 Å². The van der Waals surface area contributed by atoms with Crippen molar-refractivity contribution in [2.24, 2.45) is 0 Å². The van der Waals surface area contributed by atoms with Crippen molar-refractivity contribution in [3.63, 3.8) is 0 Å². The zero-order chi connectivity index (χ0) is 10.7. The van der Waals surface area contributed by atoms with Crippen LogP contribution in [0.2, 0.25) is 0 Å². The number of carbonyl (C=O) groups is 1. The summed E-state index contributed by atoms with van der Waals surface area (Å²) in [6.07, 6.45) is 1.65. The Hall–Kier alpha value is -0.260. The van der Waals surface area contributed by atoms with E-state index in [9.17, 15) is 4.79 Å². The normalized spacial score (nSPS) is 15.1. The summed E-state index contributed by atoms with van der Waals surface area (Å²) in [5, 5.41) is 0.879. The molecule has 2 atom stereocenters. The van der Waals surface area contributed by atoms with Gasteiger partial charge < -0.3 is 4.74 Å². The molecule has 0 amide bonds. The maximum absolute atomic E-state index is 11.0. The monoisotopic (exact) mass is 277 g/mol. The van der Waals surface area contributed by atoms with Gasteiger partial charge in [0, 0.05) is 20.2 Å². The lowest BCUT2D eigenvalue weighted by atomic mass is 10.3. The number of alkyl halides is 1. The third-order valence-electron chi connectivity index (χ3n) is 1.89. The van der Waals surface area contributed by atoms with Crippen LogP contribution in [0.5, 0.6) is 0 Å². The van der Waals surface area contributed by atoms with Crippen molar-refractivity contribution in [2.45, 2.75) is 24.8 Å². The quantitative estimate of drug-likeness (QED) is 0.628. The van der Waals surface area contributed by atoms with E-state index in [2.05, 4.69) is 20.9 Å². The van der Waals surface area contributed by atoms with Crippen LogP contribution in [0.25, 0.3) is 0 Å². The molecular weight excluding hydrogens is 266 g/mol. The summed E-state index contributed by atoms with van der Waals surface area (Å²) < 4.78 is 5.17. The molecule has 0 spiro atoms. The predicted molar refractivity (Wildman–Crippen MR) is 60.3 cm³/mol. The third-order valence-corrected chi connectivity index (χ3v) is 4.55. The van der Waals surface area contributed by atoms with Crippen LogP contribution in [-0.4, -0.2) is 24.0 Å². The van der Waals surface area contributed by atoms with E-state index in [0.717, 1.165) is 5.01 Å². The number of methoxy groups -OCH3 is 1. The number of carbonyl (C=O) groups excluding carboxylic acids is 1. The number of halogens is 1. The van der Waals surface area contributed by atoms with Crippen molar-refractivity contribution in [1.82, 2.24) is 4.98 Å². The molecule has 0 saturated carbocycles. The Balaban J connectivity index is 2.81. The van der Waals surface area contributed by atoms with Gasteiger partial charge in [-0.2, -0.15) is 0 Å². The van der Waals surface area contributed by atoms with E-state index < -0.39 is 0 Å². The lowest BCUT2D eigenvalue weighted by Crippen LogP contribution is -2.11. The molecule has 2 unspecified atom stereocenters. The van der Waals surface area contributed by atoms with Crippen LogP contribution in [-0.2, 0) is 4.74 Å². The van der Waals surface area contributed by atoms with Crippen LogP contribution < -0.4 is 0 Å². The summed E-state index contributed by atoms with van der Waals surface area (Å²) in [6.45, 7) is 3.49. The lowest BCUT2D eigenvalue weighted by molar-refractivity contribution is 0.102. The Kier molecular flexibility index (Phi) is 4.22. The van der Waals surface area contributed by atoms with E-state index in [-0.39, 0.29) is 16.7 Å². The molecule has 0 N–H and O–H groups in total. The van der Waals surface area contributed by atoms with Gasteiger partial charge >= 0.3 is 0 Å². The number of thiazole rings is 1. The number of Topliss-reactive ketones (excluding diaryl/α,β-unsaturated/α-hetero) is 1. The topological polar surface area (TPSA) is 39.2 Å². The maximum atomic E-state index is 11.0. The van der Waals surface area contributed by atoms with Crippen LogP contribution in [0.15, 0.2) is 6.20 Å². The zero-order valence-corrected chi connectivity index (χ0v) is 10.7. The Morgan fingerprint density at radius 3 is 2.79 bits per heavy atom. The van der Waals surface area contributed by atoms with Crippen molar-refractivity contribution in [2.75, 3.05) is 7.11 Å². The molecule has 1 aromatic heterocycles. The molecule has 0 aliphatic heterocycles. The van der Waals surface area contributed by atoms with Gasteiger partial charge in [0.2, 0.25) is 0 Å². The fraction of sp³-hybridized carbons (Fsp3) is 0.556. The van der Waals surface area contributed by atoms with E-state index >= 15 is 0 Å². The number of ether oxygens (including phenoxy) is 1. The van der Waals surface area contributed by atoms with Crippen LogP contribution in [0, 0.1) is 0 Å². The largest absolute Gasteiger partial charge is 0.380 e. The van der Waals surface area contributed by atoms with Gasteiger partial charge in [0.15, 0.2) is 5.78 Å². The van der Waals surface area contributed by atoms with Crippen LogP contribution in [0.4, 0.5) is 0 Å². The minimum atomic E-state index is 0.0426. The maximum Gasteiger partial charge on any atom is 0.171 e. The molecule has 14 heavy (non-hydrogen) atoms. The number of nitrogens with zero attached hydrogens (tertiary/aromatic N) is 1. The van der Waals surface area contributed by atoms with E-state index in [1.54, 1.807) is 20.2 Å². The molecule has 0 aliphatic carbocycles. The van der Waals surface area contributed by atoms with Gasteiger partial charge in [-0.3, -0.25) is 4.79 Å². The molecule has 3 nitrogen and oxygen atoms in total. The second-order valence-corrected chi connectivity index (χ2v) is 5.01. The molecule has 0 bridgehead atoms. The van der Waals surface area contributed by atoms with Crippen molar-refractivity contribution in [1.29, 1.82) is 0 Å². The first-order valence-electron chi connectivity index (χ1n) is 4.19. The molecule has 0 aliphatic rings. The molecule has 0 saturated heterocycles. The highest BCUT2D eigenvalue weighted by molar-refractivity contribution is 9.09. The molecule has 0 radical (unpaired) electrons. The van der Waals surface area contributed by atoms with Crippen LogP contribution >= 0.6 is 27.3 Å². The predicted octanol–water partition coefficient (Wildman–Crippen LogP) is 2.82. The fourth-order valence-electron chi connectivity index (χ4n) is 0.898. The summed E-state index contributed by atoms with van der Waals surface area (Å²) in [4.78, 5) is 16.0. The van der Waals surface area contributed by atoms with Crippen molar-refractivity contribution >= 4 is 33.0 Å². The molecule has 78 valence electrons. The van der Waals surface area contributed by atoms with Gasteiger partial charge in [-0.15, -0.1) is 11.3 Å². The van der Waals surface area contributed by atoms with Crippen molar-refractivity contribution in [3.05, 3.63) is 16.1 Å². The average Bonchev–Trinajstić information content (AvgIpc) is 2.64. The van der Waals surface area contributed by atoms with E-state index in [1.807, 2.05) is 6.92 Å². The number of ketones is 1. The number of aromatic nitrogens is 1. The van der Waals surface area contributed by atoms with Gasteiger partial charge in [0.25, 0.3) is 0 Å². The lowest BCUT2D eigenvalue weighted by Gasteiger charge is -2.13. The van der Waals surface area contributed by atoms with Crippen molar-refractivity contribution < 1.29 is 9.53 Å².